The topological polar surface area (TPSA) is 3.24 Å². The molecule has 0 aromatic heterocycles. The molecule has 0 amide bonds. The predicted molar refractivity (Wildman–Crippen MR) is 266 cm³/mol. The Bertz CT molecular complexity index is 2460. The van der Waals surface area contributed by atoms with Crippen molar-refractivity contribution in [1.82, 2.24) is 0 Å². The lowest BCUT2D eigenvalue weighted by Gasteiger charge is -2.43. The van der Waals surface area contributed by atoms with Crippen LogP contribution in [-0.2, 0) is 5.41 Å². The number of anilines is 3. The molecule has 0 unspecified atom stereocenters. The van der Waals surface area contributed by atoms with Crippen molar-refractivity contribution in [2.75, 3.05) is 4.90 Å². The Balaban J connectivity index is 1.51. The third-order valence-corrected chi connectivity index (χ3v) is 14.1. The molecular formula is C57H67B2N. The minimum absolute atomic E-state index is 0.0788. The van der Waals surface area contributed by atoms with Crippen LogP contribution in [0.4, 0.5) is 17.1 Å². The van der Waals surface area contributed by atoms with Crippen LogP contribution in [0.1, 0.15) is 177 Å². The Hall–Kier alpha value is -4.75. The van der Waals surface area contributed by atoms with Crippen LogP contribution in [-0.4, -0.2) is 13.4 Å². The van der Waals surface area contributed by atoms with E-state index in [2.05, 4.69) is 217 Å². The summed E-state index contributed by atoms with van der Waals surface area (Å²) in [5.74, 6) is 2.44. The van der Waals surface area contributed by atoms with Crippen molar-refractivity contribution < 1.29 is 0 Å². The Kier molecular flexibility index (Phi) is 11.1. The highest BCUT2D eigenvalue weighted by Gasteiger charge is 2.44. The maximum Gasteiger partial charge on any atom is 0.240 e. The Morgan fingerprint density at radius 1 is 0.383 bits per heavy atom. The maximum absolute atomic E-state index is 2.62. The second-order valence-corrected chi connectivity index (χ2v) is 20.5. The normalized spacial score (nSPS) is 14.4. The number of nitrogens with zero attached hydrogens (tertiary/aromatic N) is 1. The zero-order valence-corrected chi connectivity index (χ0v) is 39.0. The van der Waals surface area contributed by atoms with E-state index in [1.807, 2.05) is 0 Å². The summed E-state index contributed by atoms with van der Waals surface area (Å²) >= 11 is 0. The van der Waals surface area contributed by atoms with Gasteiger partial charge in [-0.05, 0) is 104 Å². The van der Waals surface area contributed by atoms with Crippen molar-refractivity contribution in [2.24, 2.45) is 0 Å². The van der Waals surface area contributed by atoms with Crippen LogP contribution in [0, 0.1) is 0 Å². The first kappa shape index (κ1) is 42.0. The summed E-state index contributed by atoms with van der Waals surface area (Å²) in [5.41, 5.74) is 24.0. The molecule has 2 heterocycles. The summed E-state index contributed by atoms with van der Waals surface area (Å²) in [5, 5.41) is 0. The molecule has 6 aromatic rings. The molecule has 0 spiro atoms. The van der Waals surface area contributed by atoms with Crippen LogP contribution in [0.2, 0.25) is 0 Å². The fourth-order valence-electron chi connectivity index (χ4n) is 10.8. The van der Waals surface area contributed by atoms with E-state index >= 15 is 0 Å². The van der Waals surface area contributed by atoms with Gasteiger partial charge in [-0.2, -0.15) is 0 Å². The number of fused-ring (bicyclic) bond motifs is 4. The average Bonchev–Trinajstić information content (AvgIpc) is 3.21. The van der Waals surface area contributed by atoms with Crippen molar-refractivity contribution in [1.29, 1.82) is 0 Å². The second kappa shape index (κ2) is 15.9. The van der Waals surface area contributed by atoms with Crippen LogP contribution >= 0.6 is 0 Å². The molecule has 0 bridgehead atoms. The lowest BCUT2D eigenvalue weighted by Crippen LogP contribution is -2.76. The van der Waals surface area contributed by atoms with E-state index in [1.54, 1.807) is 0 Å². The summed E-state index contributed by atoms with van der Waals surface area (Å²) in [7, 11) is 0. The maximum atomic E-state index is 2.62. The molecule has 60 heavy (non-hydrogen) atoms. The molecule has 0 aliphatic carbocycles. The summed E-state index contributed by atoms with van der Waals surface area (Å²) < 4.78 is 0. The highest BCUT2D eigenvalue weighted by atomic mass is 15.2. The van der Waals surface area contributed by atoms with Gasteiger partial charge in [0.25, 0.3) is 0 Å². The van der Waals surface area contributed by atoms with Crippen LogP contribution in [0.15, 0.2) is 115 Å². The molecule has 0 saturated carbocycles. The van der Waals surface area contributed by atoms with E-state index in [0.717, 1.165) is 0 Å². The third kappa shape index (κ3) is 6.89. The lowest BCUT2D eigenvalue weighted by molar-refractivity contribution is 0.632. The highest BCUT2D eigenvalue weighted by molar-refractivity contribution is 7.11. The van der Waals surface area contributed by atoms with Gasteiger partial charge in [-0.15, -0.1) is 0 Å². The molecule has 2 aliphatic rings. The highest BCUT2D eigenvalue weighted by Crippen LogP contribution is 2.51. The van der Waals surface area contributed by atoms with Crippen molar-refractivity contribution in [3.63, 3.8) is 0 Å². The van der Waals surface area contributed by atoms with Gasteiger partial charge in [0, 0.05) is 11.1 Å². The monoisotopic (exact) mass is 788 g/mol. The Labute approximate surface area is 364 Å². The van der Waals surface area contributed by atoms with E-state index in [4.69, 9.17) is 0 Å². The van der Waals surface area contributed by atoms with Crippen LogP contribution in [0.5, 0.6) is 0 Å². The standard InChI is InChI=1S/C57H67B2N/c1-34(2)40-29-43(36(5)6)55(44(30-40)37(7)8)58-49-23-17-18-24-50(49)59(56-45(38(9)10)31-41(35(3)4)32-46(56)39(11)12)52-33-42(27-28-51(52)58)60-53-25-19-15-21-47(53)57(13,14)48-22-16-20-26-54(48)60/h15-39H,1-14H3. The van der Waals surface area contributed by atoms with Gasteiger partial charge in [-0.25, -0.2) is 0 Å². The second-order valence-electron chi connectivity index (χ2n) is 20.5. The van der Waals surface area contributed by atoms with Crippen LogP contribution in [0.3, 0.4) is 0 Å². The first-order valence-corrected chi connectivity index (χ1v) is 23.1. The van der Waals surface area contributed by atoms with E-state index in [9.17, 15) is 0 Å². The first-order chi connectivity index (χ1) is 28.5. The minimum Gasteiger partial charge on any atom is -0.310 e. The van der Waals surface area contributed by atoms with E-state index in [1.165, 1.54) is 94.3 Å². The van der Waals surface area contributed by atoms with Gasteiger partial charge in [-0.1, -0.05) is 221 Å². The number of hydrogen-bond acceptors (Lipinski definition) is 1. The molecule has 0 saturated heterocycles. The van der Waals surface area contributed by atoms with E-state index in [0.29, 0.717) is 35.5 Å². The molecule has 0 N–H and O–H groups in total. The van der Waals surface area contributed by atoms with Crippen LogP contribution < -0.4 is 37.7 Å². The zero-order valence-electron chi connectivity index (χ0n) is 39.0. The molecule has 0 atom stereocenters. The van der Waals surface area contributed by atoms with E-state index < -0.39 is 0 Å². The molecule has 6 aromatic carbocycles. The minimum atomic E-state index is -0.121. The molecule has 306 valence electrons. The molecule has 0 radical (unpaired) electrons. The summed E-state index contributed by atoms with van der Waals surface area (Å²) in [6.45, 7) is 33.6. The molecule has 8 rings (SSSR count). The SMILES string of the molecule is CC(C)c1cc(C(C)C)c(B2c3ccccc3B(c3c(C(C)C)cc(C(C)C)cc3C(C)C)c3cc(N4c5ccccc5C(C)(C)c5ccccc54)ccc32)c(C(C)C)c1. The van der Waals surface area contributed by atoms with Crippen LogP contribution in [0.25, 0.3) is 0 Å². The van der Waals surface area contributed by atoms with Crippen molar-refractivity contribution in [3.05, 3.63) is 160 Å². The van der Waals surface area contributed by atoms with Gasteiger partial charge in [0.1, 0.15) is 0 Å². The van der Waals surface area contributed by atoms with Gasteiger partial charge in [0.05, 0.1) is 11.4 Å². The number of para-hydroxylation sites is 2. The van der Waals surface area contributed by atoms with Crippen molar-refractivity contribution >= 4 is 63.3 Å². The largest absolute Gasteiger partial charge is 0.310 e. The Morgan fingerprint density at radius 3 is 1.12 bits per heavy atom. The van der Waals surface area contributed by atoms with Crippen molar-refractivity contribution in [2.45, 2.75) is 138 Å². The number of rotatable bonds is 9. The average molecular weight is 788 g/mol. The first-order valence-electron chi connectivity index (χ1n) is 23.1. The molecule has 1 nitrogen and oxygen atoms in total. The fourth-order valence-corrected chi connectivity index (χ4v) is 10.8. The quantitative estimate of drug-likeness (QED) is 0.132. The summed E-state index contributed by atoms with van der Waals surface area (Å²) in [6, 6.07) is 45.6. The number of benzene rings is 6. The predicted octanol–water partition coefficient (Wildman–Crippen LogP) is 11.9. The fraction of sp³-hybridized carbons (Fsp3) is 0.368. The molecule has 2 aliphatic heterocycles. The lowest BCUT2D eigenvalue weighted by atomic mass is 9.20. The van der Waals surface area contributed by atoms with Gasteiger partial charge in [-0.3, -0.25) is 0 Å². The summed E-state index contributed by atoms with van der Waals surface area (Å²) in [4.78, 5) is 2.56. The summed E-state index contributed by atoms with van der Waals surface area (Å²) in [6.07, 6.45) is 0. The molecule has 0 fully saturated rings. The number of hydrogen-bond donors (Lipinski definition) is 0. The molecule has 3 heteroatoms. The van der Waals surface area contributed by atoms with Crippen molar-refractivity contribution in [3.8, 4) is 0 Å². The third-order valence-electron chi connectivity index (χ3n) is 14.1. The Morgan fingerprint density at radius 2 is 0.733 bits per heavy atom. The smallest absolute Gasteiger partial charge is 0.240 e. The zero-order chi connectivity index (χ0) is 42.9. The van der Waals surface area contributed by atoms with Gasteiger partial charge in [0.15, 0.2) is 0 Å². The van der Waals surface area contributed by atoms with Gasteiger partial charge < -0.3 is 4.90 Å². The van der Waals surface area contributed by atoms with Gasteiger partial charge in [0.2, 0.25) is 13.4 Å². The van der Waals surface area contributed by atoms with E-state index in [-0.39, 0.29) is 18.8 Å². The molecular weight excluding hydrogens is 720 g/mol. The van der Waals surface area contributed by atoms with Gasteiger partial charge >= 0.3 is 0 Å².